The molecule has 0 spiro atoms. The third-order valence-electron chi connectivity index (χ3n) is 3.43. The molecule has 1 amide bonds. The Morgan fingerprint density at radius 1 is 1.57 bits per heavy atom. The van der Waals surface area contributed by atoms with Crippen molar-refractivity contribution in [3.63, 3.8) is 0 Å². The van der Waals surface area contributed by atoms with Gasteiger partial charge in [0.15, 0.2) is 0 Å². The second-order valence-electron chi connectivity index (χ2n) is 5.10. The molecule has 112 valence electrons. The molecule has 3 rings (SSSR count). The van der Waals surface area contributed by atoms with Gasteiger partial charge in [-0.05, 0) is 26.3 Å². The summed E-state index contributed by atoms with van der Waals surface area (Å²) in [4.78, 5) is 21.5. The summed E-state index contributed by atoms with van der Waals surface area (Å²) in [6.07, 6.45) is 5.63. The second kappa shape index (κ2) is 6.31. The molecule has 1 aliphatic heterocycles. The molecule has 0 aliphatic carbocycles. The normalized spacial score (nSPS) is 18.6. The van der Waals surface area contributed by atoms with Gasteiger partial charge in [-0.2, -0.15) is 0 Å². The number of nitrogens with zero attached hydrogens (tertiary/aromatic N) is 4. The van der Waals surface area contributed by atoms with Gasteiger partial charge in [0, 0.05) is 17.6 Å². The van der Waals surface area contributed by atoms with Gasteiger partial charge in [-0.15, -0.1) is 16.4 Å². The lowest BCUT2D eigenvalue weighted by molar-refractivity contribution is 0.0939. The standard InChI is InChI=1S/C13H18N6OS/c1-9-5-15-11(21-9)7-16-13(20)12-17-8-19(18-12)10-3-2-4-14-6-10/h5,8,10,14H,2-4,6-7H2,1H3,(H,16,20). The Kier molecular flexibility index (Phi) is 4.26. The average Bonchev–Trinajstić information content (AvgIpc) is 3.15. The van der Waals surface area contributed by atoms with Crippen LogP contribution < -0.4 is 10.6 Å². The first-order chi connectivity index (χ1) is 10.2. The van der Waals surface area contributed by atoms with Gasteiger partial charge in [0.1, 0.15) is 11.3 Å². The van der Waals surface area contributed by atoms with Crippen LogP contribution in [0.25, 0.3) is 0 Å². The highest BCUT2D eigenvalue weighted by molar-refractivity contribution is 7.11. The monoisotopic (exact) mass is 306 g/mol. The van der Waals surface area contributed by atoms with Gasteiger partial charge < -0.3 is 10.6 Å². The van der Waals surface area contributed by atoms with Gasteiger partial charge in [-0.25, -0.2) is 14.6 Å². The summed E-state index contributed by atoms with van der Waals surface area (Å²) in [7, 11) is 0. The van der Waals surface area contributed by atoms with Gasteiger partial charge in [0.25, 0.3) is 5.91 Å². The number of rotatable bonds is 4. The lowest BCUT2D eigenvalue weighted by atomic mass is 10.1. The lowest BCUT2D eigenvalue weighted by Crippen LogP contribution is -2.32. The zero-order valence-corrected chi connectivity index (χ0v) is 12.7. The van der Waals surface area contributed by atoms with E-state index in [4.69, 9.17) is 0 Å². The number of carbonyl (C=O) groups is 1. The van der Waals surface area contributed by atoms with E-state index >= 15 is 0 Å². The van der Waals surface area contributed by atoms with Crippen LogP contribution in [0.4, 0.5) is 0 Å². The largest absolute Gasteiger partial charge is 0.343 e. The molecular weight excluding hydrogens is 288 g/mol. The first-order valence-corrected chi connectivity index (χ1v) is 7.85. The van der Waals surface area contributed by atoms with E-state index in [1.165, 1.54) is 0 Å². The van der Waals surface area contributed by atoms with Crippen LogP contribution in [0.2, 0.25) is 0 Å². The summed E-state index contributed by atoms with van der Waals surface area (Å²) < 4.78 is 1.79. The highest BCUT2D eigenvalue weighted by Gasteiger charge is 2.18. The minimum absolute atomic E-state index is 0.217. The maximum atomic E-state index is 12.0. The number of aromatic nitrogens is 4. The molecule has 8 heteroatoms. The molecule has 2 N–H and O–H groups in total. The van der Waals surface area contributed by atoms with Crippen LogP contribution >= 0.6 is 11.3 Å². The molecule has 1 aliphatic rings. The Bertz CT molecular complexity index is 616. The predicted octanol–water partition coefficient (Wildman–Crippen LogP) is 0.898. The molecule has 0 aromatic carbocycles. The highest BCUT2D eigenvalue weighted by Crippen LogP contribution is 2.15. The average molecular weight is 306 g/mol. The van der Waals surface area contributed by atoms with Crippen LogP contribution in [0.5, 0.6) is 0 Å². The summed E-state index contributed by atoms with van der Waals surface area (Å²) in [5, 5.41) is 11.3. The van der Waals surface area contributed by atoms with Crippen molar-refractivity contribution in [2.75, 3.05) is 13.1 Å². The third-order valence-corrected chi connectivity index (χ3v) is 4.34. The van der Waals surface area contributed by atoms with E-state index in [1.54, 1.807) is 28.5 Å². The molecule has 0 bridgehead atoms. The first kappa shape index (κ1) is 14.2. The molecule has 7 nitrogen and oxygen atoms in total. The van der Waals surface area contributed by atoms with E-state index < -0.39 is 0 Å². The number of nitrogens with one attached hydrogen (secondary N) is 2. The van der Waals surface area contributed by atoms with Crippen molar-refractivity contribution in [1.82, 2.24) is 30.4 Å². The number of hydrogen-bond acceptors (Lipinski definition) is 6. The van der Waals surface area contributed by atoms with Crippen LogP contribution in [0.3, 0.4) is 0 Å². The third kappa shape index (κ3) is 3.45. The van der Waals surface area contributed by atoms with Crippen molar-refractivity contribution >= 4 is 17.2 Å². The van der Waals surface area contributed by atoms with E-state index in [9.17, 15) is 4.79 Å². The quantitative estimate of drug-likeness (QED) is 0.876. The summed E-state index contributed by atoms with van der Waals surface area (Å²) >= 11 is 1.57. The number of carbonyl (C=O) groups excluding carboxylic acids is 1. The Morgan fingerprint density at radius 3 is 3.19 bits per heavy atom. The fourth-order valence-electron chi connectivity index (χ4n) is 2.33. The topological polar surface area (TPSA) is 84.7 Å². The van der Waals surface area contributed by atoms with Crippen molar-refractivity contribution in [3.8, 4) is 0 Å². The van der Waals surface area contributed by atoms with E-state index in [0.717, 1.165) is 35.8 Å². The number of piperidine rings is 1. The Balaban J connectivity index is 1.58. The number of hydrogen-bond donors (Lipinski definition) is 2. The molecule has 1 unspecified atom stereocenters. The molecule has 1 atom stereocenters. The van der Waals surface area contributed by atoms with E-state index in [2.05, 4.69) is 25.7 Å². The maximum Gasteiger partial charge on any atom is 0.291 e. The summed E-state index contributed by atoms with van der Waals surface area (Å²) in [5.41, 5.74) is 0. The van der Waals surface area contributed by atoms with E-state index in [-0.39, 0.29) is 17.8 Å². The van der Waals surface area contributed by atoms with Crippen molar-refractivity contribution < 1.29 is 4.79 Å². The van der Waals surface area contributed by atoms with Crippen LogP contribution in [-0.2, 0) is 6.54 Å². The second-order valence-corrected chi connectivity index (χ2v) is 6.42. The van der Waals surface area contributed by atoms with Crippen LogP contribution in [0.1, 0.15) is 39.4 Å². The Labute approximate surface area is 126 Å². The van der Waals surface area contributed by atoms with Gasteiger partial charge >= 0.3 is 0 Å². The van der Waals surface area contributed by atoms with Crippen molar-refractivity contribution in [2.45, 2.75) is 32.4 Å². The van der Waals surface area contributed by atoms with Crippen LogP contribution in [-0.4, -0.2) is 38.7 Å². The molecule has 0 saturated carbocycles. The molecular formula is C13H18N6OS. The molecule has 1 saturated heterocycles. The minimum atomic E-state index is -0.259. The van der Waals surface area contributed by atoms with Crippen LogP contribution in [0.15, 0.2) is 12.5 Å². The van der Waals surface area contributed by atoms with Crippen molar-refractivity contribution in [3.05, 3.63) is 28.2 Å². The molecule has 2 aromatic heterocycles. The van der Waals surface area contributed by atoms with Gasteiger partial charge in [0.2, 0.25) is 5.82 Å². The smallest absolute Gasteiger partial charge is 0.291 e. The van der Waals surface area contributed by atoms with Crippen LogP contribution in [0, 0.1) is 6.92 Å². The highest BCUT2D eigenvalue weighted by atomic mass is 32.1. The van der Waals surface area contributed by atoms with Gasteiger partial charge in [-0.3, -0.25) is 4.79 Å². The minimum Gasteiger partial charge on any atom is -0.343 e. The summed E-state index contributed by atoms with van der Waals surface area (Å²) in [5.74, 6) is -0.0424. The van der Waals surface area contributed by atoms with Gasteiger partial charge in [0.05, 0.1) is 12.6 Å². The molecule has 21 heavy (non-hydrogen) atoms. The lowest BCUT2D eigenvalue weighted by Gasteiger charge is -2.22. The molecule has 3 heterocycles. The summed E-state index contributed by atoms with van der Waals surface area (Å²) in [6.45, 7) is 4.33. The van der Waals surface area contributed by atoms with Crippen molar-refractivity contribution in [2.24, 2.45) is 0 Å². The van der Waals surface area contributed by atoms with Gasteiger partial charge in [-0.1, -0.05) is 0 Å². The Hall–Kier alpha value is -1.80. The SMILES string of the molecule is Cc1cnc(CNC(=O)c2ncn(C3CCCNC3)n2)s1. The zero-order chi connectivity index (χ0) is 14.7. The number of amides is 1. The fraction of sp³-hybridized carbons (Fsp3) is 0.538. The zero-order valence-electron chi connectivity index (χ0n) is 11.9. The van der Waals surface area contributed by atoms with E-state index in [0.29, 0.717) is 6.54 Å². The Morgan fingerprint density at radius 2 is 2.48 bits per heavy atom. The molecule has 2 aromatic rings. The number of aryl methyl sites for hydroxylation is 1. The van der Waals surface area contributed by atoms with Crippen molar-refractivity contribution in [1.29, 1.82) is 0 Å². The number of thiazole rings is 1. The molecule has 1 fully saturated rings. The predicted molar refractivity (Wildman–Crippen MR) is 79.2 cm³/mol. The maximum absolute atomic E-state index is 12.0. The summed E-state index contributed by atoms with van der Waals surface area (Å²) in [6, 6.07) is 0.286. The first-order valence-electron chi connectivity index (χ1n) is 7.04. The fourth-order valence-corrected chi connectivity index (χ4v) is 3.06. The van der Waals surface area contributed by atoms with E-state index in [1.807, 2.05) is 6.92 Å². The molecule has 0 radical (unpaired) electrons.